The summed E-state index contributed by atoms with van der Waals surface area (Å²) in [6.45, 7) is 0. The highest BCUT2D eigenvalue weighted by atomic mass is 32.2. The number of fused-ring (bicyclic) bond motifs is 1. The van der Waals surface area contributed by atoms with Gasteiger partial charge in [0.25, 0.3) is 0 Å². The Hall–Kier alpha value is -2.50. The van der Waals surface area contributed by atoms with Gasteiger partial charge < -0.3 is 0 Å². The van der Waals surface area contributed by atoms with Crippen LogP contribution in [0.5, 0.6) is 0 Å². The van der Waals surface area contributed by atoms with Crippen molar-refractivity contribution in [2.24, 2.45) is 0 Å². The molecule has 128 valence electrons. The molecule has 0 aliphatic carbocycles. The van der Waals surface area contributed by atoms with Crippen LogP contribution in [0.1, 0.15) is 12.0 Å². The van der Waals surface area contributed by atoms with Crippen LogP contribution in [-0.4, -0.2) is 20.6 Å². The monoisotopic (exact) mass is 353 g/mol. The van der Waals surface area contributed by atoms with Gasteiger partial charge in [0.1, 0.15) is 0 Å². The molecule has 0 aromatic heterocycles. The van der Waals surface area contributed by atoms with E-state index in [1.165, 1.54) is 0 Å². The van der Waals surface area contributed by atoms with E-state index in [1.807, 2.05) is 72.8 Å². The van der Waals surface area contributed by atoms with E-state index < -0.39 is 22.0 Å². The Labute approximate surface area is 148 Å². The Morgan fingerprint density at radius 3 is 2.36 bits per heavy atom. The molecule has 2 unspecified atom stereocenters. The summed E-state index contributed by atoms with van der Waals surface area (Å²) in [6, 6.07) is 23.2. The largest absolute Gasteiger partial charge is 0.289 e. The second-order valence-electron chi connectivity index (χ2n) is 5.86. The molecule has 3 aromatic carbocycles. The summed E-state index contributed by atoms with van der Waals surface area (Å²) < 4.78 is 13.1. The number of hydrogen-bond donors (Lipinski definition) is 2. The van der Waals surface area contributed by atoms with Crippen molar-refractivity contribution in [3.8, 4) is 0 Å². The minimum absolute atomic E-state index is 0.00910. The SMILES string of the molecule is O=C(CC(Cc1ccccc1)S(=O)c1ccc2ccccc2c1)NO. The van der Waals surface area contributed by atoms with Gasteiger partial charge in [-0.05, 0) is 34.9 Å². The van der Waals surface area contributed by atoms with Gasteiger partial charge in [-0.2, -0.15) is 0 Å². The number of hydroxylamine groups is 1. The van der Waals surface area contributed by atoms with Gasteiger partial charge >= 0.3 is 0 Å². The standard InChI is InChI=1S/C20H19NO3S/c22-20(21-23)14-19(12-15-6-2-1-3-7-15)25(24)18-11-10-16-8-4-5-9-17(16)13-18/h1-11,13,19,23H,12,14H2,(H,21,22). The van der Waals surface area contributed by atoms with E-state index >= 15 is 0 Å². The number of nitrogens with one attached hydrogen (secondary N) is 1. The van der Waals surface area contributed by atoms with E-state index in [4.69, 9.17) is 5.21 Å². The summed E-state index contributed by atoms with van der Waals surface area (Å²) in [7, 11) is -1.37. The quantitative estimate of drug-likeness (QED) is 0.527. The number of amides is 1. The maximum absolute atomic E-state index is 13.1. The fraction of sp³-hybridized carbons (Fsp3) is 0.150. The lowest BCUT2D eigenvalue weighted by atomic mass is 10.1. The molecule has 0 aliphatic rings. The van der Waals surface area contributed by atoms with Gasteiger partial charge in [-0.15, -0.1) is 0 Å². The third kappa shape index (κ3) is 4.32. The van der Waals surface area contributed by atoms with Crippen LogP contribution in [0, 0.1) is 0 Å². The number of benzene rings is 3. The van der Waals surface area contributed by atoms with E-state index in [0.29, 0.717) is 11.3 Å². The molecule has 5 heteroatoms. The Kier molecular flexibility index (Phi) is 5.58. The van der Waals surface area contributed by atoms with Crippen LogP contribution in [0.25, 0.3) is 10.8 Å². The van der Waals surface area contributed by atoms with Gasteiger partial charge in [-0.1, -0.05) is 60.7 Å². The average Bonchev–Trinajstić information content (AvgIpc) is 2.67. The Balaban J connectivity index is 1.89. The first kappa shape index (κ1) is 17.3. The third-order valence-corrected chi connectivity index (χ3v) is 5.76. The lowest BCUT2D eigenvalue weighted by molar-refractivity contribution is -0.129. The van der Waals surface area contributed by atoms with Gasteiger partial charge in [0.05, 0.1) is 16.0 Å². The maximum atomic E-state index is 13.1. The van der Waals surface area contributed by atoms with Crippen LogP contribution in [0.15, 0.2) is 77.7 Å². The van der Waals surface area contributed by atoms with E-state index in [-0.39, 0.29) is 6.42 Å². The van der Waals surface area contributed by atoms with E-state index in [2.05, 4.69) is 0 Å². The topological polar surface area (TPSA) is 66.4 Å². The smallest absolute Gasteiger partial charge is 0.244 e. The molecule has 0 saturated carbocycles. The van der Waals surface area contributed by atoms with E-state index in [1.54, 1.807) is 5.48 Å². The molecule has 0 aliphatic heterocycles. The van der Waals surface area contributed by atoms with Crippen molar-refractivity contribution in [2.75, 3.05) is 0 Å². The van der Waals surface area contributed by atoms with Crippen LogP contribution in [0.4, 0.5) is 0 Å². The summed E-state index contributed by atoms with van der Waals surface area (Å²) in [5.41, 5.74) is 2.65. The molecule has 0 radical (unpaired) electrons. The molecule has 0 bridgehead atoms. The van der Waals surface area contributed by atoms with Crippen molar-refractivity contribution < 1.29 is 14.2 Å². The van der Waals surface area contributed by atoms with Crippen molar-refractivity contribution in [1.82, 2.24) is 5.48 Å². The van der Waals surface area contributed by atoms with E-state index in [9.17, 15) is 9.00 Å². The molecule has 1 amide bonds. The van der Waals surface area contributed by atoms with Crippen LogP contribution < -0.4 is 5.48 Å². The Bertz CT molecular complexity index is 896. The van der Waals surface area contributed by atoms with Crippen LogP contribution in [0.3, 0.4) is 0 Å². The molecule has 0 heterocycles. The summed E-state index contributed by atoms with van der Waals surface area (Å²) in [6.07, 6.45) is 0.485. The fourth-order valence-corrected chi connectivity index (χ4v) is 4.31. The van der Waals surface area contributed by atoms with Gasteiger partial charge in [-0.3, -0.25) is 14.2 Å². The Morgan fingerprint density at radius 2 is 1.64 bits per heavy atom. The highest BCUT2D eigenvalue weighted by molar-refractivity contribution is 7.85. The number of carbonyl (C=O) groups excluding carboxylic acids is 1. The van der Waals surface area contributed by atoms with Crippen molar-refractivity contribution in [2.45, 2.75) is 23.0 Å². The zero-order chi connectivity index (χ0) is 17.6. The first-order valence-electron chi connectivity index (χ1n) is 8.03. The molecule has 25 heavy (non-hydrogen) atoms. The molecule has 0 spiro atoms. The van der Waals surface area contributed by atoms with Crippen molar-refractivity contribution in [1.29, 1.82) is 0 Å². The normalized spacial score (nSPS) is 13.3. The fourth-order valence-electron chi connectivity index (χ4n) is 2.84. The van der Waals surface area contributed by atoms with Gasteiger partial charge in [0.2, 0.25) is 5.91 Å². The van der Waals surface area contributed by atoms with Gasteiger partial charge in [-0.25, -0.2) is 5.48 Å². The number of rotatable bonds is 6. The second-order valence-corrected chi connectivity index (χ2v) is 7.59. The van der Waals surface area contributed by atoms with Crippen LogP contribution >= 0.6 is 0 Å². The summed E-state index contributed by atoms with van der Waals surface area (Å²) in [4.78, 5) is 12.4. The average molecular weight is 353 g/mol. The number of hydrogen-bond acceptors (Lipinski definition) is 3. The molecular weight excluding hydrogens is 334 g/mol. The molecule has 0 fully saturated rings. The second kappa shape index (κ2) is 8.05. The van der Waals surface area contributed by atoms with Gasteiger partial charge in [0.15, 0.2) is 0 Å². The highest BCUT2D eigenvalue weighted by Gasteiger charge is 2.22. The van der Waals surface area contributed by atoms with Crippen LogP contribution in [0.2, 0.25) is 0 Å². The van der Waals surface area contributed by atoms with Crippen molar-refractivity contribution >= 4 is 27.5 Å². The zero-order valence-corrected chi connectivity index (χ0v) is 14.4. The summed E-state index contributed by atoms with van der Waals surface area (Å²) in [5, 5.41) is 10.5. The van der Waals surface area contributed by atoms with Gasteiger partial charge in [0, 0.05) is 11.3 Å². The first-order chi connectivity index (χ1) is 12.2. The maximum Gasteiger partial charge on any atom is 0.244 e. The molecular formula is C20H19NO3S. The molecule has 3 aromatic rings. The highest BCUT2D eigenvalue weighted by Crippen LogP contribution is 2.22. The lowest BCUT2D eigenvalue weighted by Crippen LogP contribution is -2.28. The van der Waals surface area contributed by atoms with Crippen LogP contribution in [-0.2, 0) is 22.0 Å². The molecule has 3 rings (SSSR count). The number of carbonyl (C=O) groups is 1. The molecule has 2 atom stereocenters. The summed E-state index contributed by atoms with van der Waals surface area (Å²) in [5.74, 6) is -0.532. The van der Waals surface area contributed by atoms with Crippen molar-refractivity contribution in [3.05, 3.63) is 78.4 Å². The minimum Gasteiger partial charge on any atom is -0.289 e. The predicted molar refractivity (Wildman–Crippen MR) is 98.8 cm³/mol. The Morgan fingerprint density at radius 1 is 0.960 bits per heavy atom. The predicted octanol–water partition coefficient (Wildman–Crippen LogP) is 3.45. The minimum atomic E-state index is -1.37. The first-order valence-corrected chi connectivity index (χ1v) is 9.25. The van der Waals surface area contributed by atoms with Crippen molar-refractivity contribution in [3.63, 3.8) is 0 Å². The molecule has 4 nitrogen and oxygen atoms in total. The zero-order valence-electron chi connectivity index (χ0n) is 13.6. The third-order valence-electron chi connectivity index (χ3n) is 4.10. The molecule has 2 N–H and O–H groups in total. The lowest BCUT2D eigenvalue weighted by Gasteiger charge is -2.16. The van der Waals surface area contributed by atoms with E-state index in [0.717, 1.165) is 16.3 Å². The molecule has 0 saturated heterocycles. The summed E-state index contributed by atoms with van der Waals surface area (Å²) >= 11 is 0.